The summed E-state index contributed by atoms with van der Waals surface area (Å²) in [6, 6.07) is 14.5. The van der Waals surface area contributed by atoms with Gasteiger partial charge >= 0.3 is 0 Å². The van der Waals surface area contributed by atoms with Crippen LogP contribution in [-0.2, 0) is 21.4 Å². The molecule has 0 aliphatic heterocycles. The van der Waals surface area contributed by atoms with E-state index in [9.17, 15) is 13.2 Å². The van der Waals surface area contributed by atoms with Crippen LogP contribution in [0.1, 0.15) is 26.3 Å². The van der Waals surface area contributed by atoms with Gasteiger partial charge in [-0.25, -0.2) is 8.42 Å². The number of benzene rings is 2. The van der Waals surface area contributed by atoms with Crippen molar-refractivity contribution in [3.05, 3.63) is 65.2 Å². The summed E-state index contributed by atoms with van der Waals surface area (Å²) < 4.78 is 27.4. The zero-order valence-electron chi connectivity index (χ0n) is 15.0. The summed E-state index contributed by atoms with van der Waals surface area (Å²) in [6.45, 7) is 5.78. The number of carbonyl (C=O) groups is 1. The number of carbonyl (C=O) groups excluding carboxylic acids is 1. The van der Waals surface area contributed by atoms with Crippen LogP contribution in [0.15, 0.2) is 59.5 Å². The van der Waals surface area contributed by atoms with Crippen molar-refractivity contribution >= 4 is 27.5 Å². The van der Waals surface area contributed by atoms with Gasteiger partial charge < -0.3 is 4.90 Å². The Morgan fingerprint density at radius 2 is 1.62 bits per heavy atom. The molecule has 5 nitrogen and oxygen atoms in total. The number of halogens is 1. The molecule has 0 spiro atoms. The summed E-state index contributed by atoms with van der Waals surface area (Å²) >= 11 is 5.80. The molecule has 0 bridgehead atoms. The zero-order chi connectivity index (χ0) is 19.3. The van der Waals surface area contributed by atoms with Crippen LogP contribution in [0.4, 0.5) is 0 Å². The molecule has 0 radical (unpaired) electrons. The second-order valence-corrected chi connectivity index (χ2v) is 8.49. The van der Waals surface area contributed by atoms with Gasteiger partial charge in [-0.3, -0.25) is 4.79 Å². The van der Waals surface area contributed by atoms with Crippen molar-refractivity contribution in [3.8, 4) is 0 Å². The maximum atomic E-state index is 12.8. The largest absolute Gasteiger partial charge is 0.335 e. The molecule has 2 aromatic carbocycles. The molecule has 2 rings (SSSR count). The van der Waals surface area contributed by atoms with Gasteiger partial charge in [-0.05, 0) is 50.6 Å². The highest BCUT2D eigenvalue weighted by Gasteiger charge is 2.27. The maximum Gasteiger partial charge on any atom is 0.241 e. The topological polar surface area (TPSA) is 66.5 Å². The number of rotatable bonds is 7. The van der Waals surface area contributed by atoms with Crippen molar-refractivity contribution in [1.29, 1.82) is 0 Å². The third kappa shape index (κ3) is 5.30. The predicted octanol–water partition coefficient (Wildman–Crippen LogP) is 3.44. The lowest BCUT2D eigenvalue weighted by atomic mass is 10.1. The van der Waals surface area contributed by atoms with Crippen molar-refractivity contribution in [1.82, 2.24) is 9.62 Å². The number of hydrogen-bond donors (Lipinski definition) is 1. The summed E-state index contributed by atoms with van der Waals surface area (Å²) in [6.07, 6.45) is 0. The SMILES string of the molecule is CC(C)N(Cc1ccccc1)C(=O)[C@H](C)NS(=O)(=O)c1ccc(Cl)cc1. The molecule has 7 heteroatoms. The lowest BCUT2D eigenvalue weighted by molar-refractivity contribution is -0.135. The molecule has 0 aromatic heterocycles. The van der Waals surface area contributed by atoms with Crippen LogP contribution >= 0.6 is 11.6 Å². The van der Waals surface area contributed by atoms with Crippen molar-refractivity contribution in [2.24, 2.45) is 0 Å². The smallest absolute Gasteiger partial charge is 0.241 e. The Morgan fingerprint density at radius 1 is 1.04 bits per heavy atom. The fourth-order valence-electron chi connectivity index (χ4n) is 2.51. The first-order valence-corrected chi connectivity index (χ1v) is 10.2. The van der Waals surface area contributed by atoms with Gasteiger partial charge in [0.2, 0.25) is 15.9 Å². The van der Waals surface area contributed by atoms with Gasteiger partial charge in [0.15, 0.2) is 0 Å². The standard InChI is InChI=1S/C19H23ClN2O3S/c1-14(2)22(13-16-7-5-4-6-8-16)19(23)15(3)21-26(24,25)18-11-9-17(20)10-12-18/h4-12,14-15,21H,13H2,1-3H3/t15-/m0/s1. The first-order chi connectivity index (χ1) is 12.2. The third-order valence-corrected chi connectivity index (χ3v) is 5.74. The number of hydrogen-bond acceptors (Lipinski definition) is 3. The molecule has 2 aromatic rings. The minimum absolute atomic E-state index is 0.0646. The van der Waals surface area contributed by atoms with Crippen molar-refractivity contribution in [2.75, 3.05) is 0 Å². The van der Waals surface area contributed by atoms with E-state index < -0.39 is 16.1 Å². The molecule has 0 heterocycles. The van der Waals surface area contributed by atoms with Crippen LogP contribution < -0.4 is 4.72 Å². The van der Waals surface area contributed by atoms with E-state index in [1.165, 1.54) is 24.3 Å². The van der Waals surface area contributed by atoms with Gasteiger partial charge in [-0.1, -0.05) is 41.9 Å². The van der Waals surface area contributed by atoms with Crippen LogP contribution in [0.2, 0.25) is 5.02 Å². The summed E-state index contributed by atoms with van der Waals surface area (Å²) in [5.41, 5.74) is 0.988. The van der Waals surface area contributed by atoms with E-state index >= 15 is 0 Å². The van der Waals surface area contributed by atoms with Gasteiger partial charge in [-0.2, -0.15) is 4.72 Å². The summed E-state index contributed by atoms with van der Waals surface area (Å²) in [5, 5.41) is 0.446. The van der Waals surface area contributed by atoms with Crippen LogP contribution in [0.25, 0.3) is 0 Å². The lowest BCUT2D eigenvalue weighted by Gasteiger charge is -2.30. The molecule has 26 heavy (non-hydrogen) atoms. The molecule has 140 valence electrons. The van der Waals surface area contributed by atoms with Crippen LogP contribution in [0.5, 0.6) is 0 Å². The second-order valence-electron chi connectivity index (χ2n) is 6.34. The minimum Gasteiger partial charge on any atom is -0.335 e. The number of amides is 1. The Morgan fingerprint density at radius 3 is 2.15 bits per heavy atom. The number of sulfonamides is 1. The Kier molecular flexibility index (Phi) is 6.81. The van der Waals surface area contributed by atoms with Crippen LogP contribution in [-0.4, -0.2) is 31.3 Å². The highest BCUT2D eigenvalue weighted by atomic mass is 35.5. The molecular formula is C19H23ClN2O3S. The fraction of sp³-hybridized carbons (Fsp3) is 0.316. The number of nitrogens with zero attached hydrogens (tertiary/aromatic N) is 1. The average Bonchev–Trinajstić information content (AvgIpc) is 2.59. The molecular weight excluding hydrogens is 372 g/mol. The minimum atomic E-state index is -3.81. The first kappa shape index (κ1) is 20.4. The van der Waals surface area contributed by atoms with E-state index in [4.69, 9.17) is 11.6 Å². The fourth-order valence-corrected chi connectivity index (χ4v) is 3.83. The van der Waals surface area contributed by atoms with Crippen molar-refractivity contribution in [3.63, 3.8) is 0 Å². The number of nitrogens with one attached hydrogen (secondary N) is 1. The average molecular weight is 395 g/mol. The lowest BCUT2D eigenvalue weighted by Crippen LogP contribution is -2.48. The van der Waals surface area contributed by atoms with E-state index in [-0.39, 0.29) is 16.8 Å². The van der Waals surface area contributed by atoms with Crippen molar-refractivity contribution in [2.45, 2.75) is 44.3 Å². The van der Waals surface area contributed by atoms with E-state index in [0.717, 1.165) is 5.56 Å². The molecule has 1 N–H and O–H groups in total. The molecule has 0 saturated carbocycles. The van der Waals surface area contributed by atoms with E-state index in [1.807, 2.05) is 44.2 Å². The Hall–Kier alpha value is -1.89. The van der Waals surface area contributed by atoms with Crippen LogP contribution in [0.3, 0.4) is 0 Å². The van der Waals surface area contributed by atoms with Crippen molar-refractivity contribution < 1.29 is 13.2 Å². The molecule has 0 fully saturated rings. The molecule has 0 saturated heterocycles. The Labute approximate surface area is 160 Å². The molecule has 1 amide bonds. The van der Waals surface area contributed by atoms with E-state index in [1.54, 1.807) is 11.8 Å². The van der Waals surface area contributed by atoms with Gasteiger partial charge in [0, 0.05) is 17.6 Å². The van der Waals surface area contributed by atoms with E-state index in [2.05, 4.69) is 4.72 Å². The quantitative estimate of drug-likeness (QED) is 0.782. The highest BCUT2D eigenvalue weighted by molar-refractivity contribution is 7.89. The first-order valence-electron chi connectivity index (χ1n) is 8.33. The van der Waals surface area contributed by atoms with Gasteiger partial charge in [0.05, 0.1) is 10.9 Å². The normalized spacial score (nSPS) is 12.8. The molecule has 0 aliphatic carbocycles. The predicted molar refractivity (Wildman–Crippen MR) is 103 cm³/mol. The summed E-state index contributed by atoms with van der Waals surface area (Å²) in [4.78, 5) is 14.6. The van der Waals surface area contributed by atoms with Gasteiger partial charge in [0.25, 0.3) is 0 Å². The Balaban J connectivity index is 2.14. The van der Waals surface area contributed by atoms with E-state index in [0.29, 0.717) is 11.6 Å². The van der Waals surface area contributed by atoms with Gasteiger partial charge in [-0.15, -0.1) is 0 Å². The molecule has 0 aliphatic rings. The monoisotopic (exact) mass is 394 g/mol. The summed E-state index contributed by atoms with van der Waals surface area (Å²) in [7, 11) is -3.81. The van der Waals surface area contributed by atoms with Gasteiger partial charge in [0.1, 0.15) is 0 Å². The summed E-state index contributed by atoms with van der Waals surface area (Å²) in [5.74, 6) is -0.276. The second kappa shape index (κ2) is 8.66. The highest BCUT2D eigenvalue weighted by Crippen LogP contribution is 2.15. The zero-order valence-corrected chi connectivity index (χ0v) is 16.6. The Bertz CT molecular complexity index is 837. The van der Waals surface area contributed by atoms with Crippen LogP contribution in [0, 0.1) is 0 Å². The maximum absolute atomic E-state index is 12.8. The molecule has 0 unspecified atom stereocenters. The molecule has 1 atom stereocenters. The third-order valence-electron chi connectivity index (χ3n) is 3.93.